The number of aromatic nitrogens is 2. The summed E-state index contributed by atoms with van der Waals surface area (Å²) in [5, 5.41) is 17.9. The predicted octanol–water partition coefficient (Wildman–Crippen LogP) is 2.81. The molecule has 1 aliphatic carbocycles. The highest BCUT2D eigenvalue weighted by atomic mass is 32.2. The molecule has 164 valence electrons. The van der Waals surface area contributed by atoms with Crippen LogP contribution in [-0.4, -0.2) is 35.7 Å². The lowest BCUT2D eigenvalue weighted by molar-refractivity contribution is -0.141. The van der Waals surface area contributed by atoms with Gasteiger partial charge >= 0.3 is 6.18 Å². The summed E-state index contributed by atoms with van der Waals surface area (Å²) in [7, 11) is -3.88. The van der Waals surface area contributed by atoms with Gasteiger partial charge in [0.15, 0.2) is 0 Å². The van der Waals surface area contributed by atoms with E-state index in [1.807, 2.05) is 0 Å². The Bertz CT molecular complexity index is 989. The molecule has 0 saturated heterocycles. The molecule has 1 aromatic carbocycles. The zero-order chi connectivity index (χ0) is 22.1. The number of sulfonamides is 1. The van der Waals surface area contributed by atoms with Crippen LogP contribution in [-0.2, 0) is 16.2 Å². The molecule has 4 N–H and O–H groups in total. The van der Waals surface area contributed by atoms with Gasteiger partial charge in [-0.05, 0) is 43.0 Å². The van der Waals surface area contributed by atoms with Crippen LogP contribution in [0.25, 0.3) is 0 Å². The second-order valence-corrected chi connectivity index (χ2v) is 8.72. The first-order chi connectivity index (χ1) is 13.9. The number of aliphatic hydroxyl groups excluding tert-OH is 1. The SMILES string of the molecule is CC1CCC[C@@H](O)[C@H]1Oc1nc(Nc2ccc(S(N)(=O)=O)cc2)ncc1C(F)(F)F. The van der Waals surface area contributed by atoms with Gasteiger partial charge in [-0.25, -0.2) is 18.5 Å². The maximum atomic E-state index is 13.4. The quantitative estimate of drug-likeness (QED) is 0.644. The summed E-state index contributed by atoms with van der Waals surface area (Å²) in [5.41, 5.74) is -0.818. The summed E-state index contributed by atoms with van der Waals surface area (Å²) >= 11 is 0. The monoisotopic (exact) mass is 446 g/mol. The van der Waals surface area contributed by atoms with Crippen molar-refractivity contribution in [2.75, 3.05) is 5.32 Å². The Morgan fingerprint density at radius 3 is 2.47 bits per heavy atom. The number of rotatable bonds is 5. The number of aliphatic hydroxyl groups is 1. The van der Waals surface area contributed by atoms with Gasteiger partial charge in [0.2, 0.25) is 21.9 Å². The third kappa shape index (κ3) is 5.18. The molecular formula is C18H21F3N4O4S. The first-order valence-corrected chi connectivity index (χ1v) is 10.7. The van der Waals surface area contributed by atoms with E-state index in [0.29, 0.717) is 18.3 Å². The van der Waals surface area contributed by atoms with Gasteiger partial charge in [0.05, 0.1) is 11.0 Å². The van der Waals surface area contributed by atoms with Crippen LogP contribution in [0.1, 0.15) is 31.7 Å². The number of primary sulfonamides is 1. The van der Waals surface area contributed by atoms with E-state index in [1.54, 1.807) is 6.92 Å². The molecule has 1 heterocycles. The first kappa shape index (κ1) is 22.2. The summed E-state index contributed by atoms with van der Waals surface area (Å²) in [6.45, 7) is 1.80. The van der Waals surface area contributed by atoms with E-state index in [0.717, 1.165) is 12.8 Å². The van der Waals surface area contributed by atoms with Crippen LogP contribution in [0.2, 0.25) is 0 Å². The van der Waals surface area contributed by atoms with Gasteiger partial charge < -0.3 is 15.2 Å². The number of nitrogens with zero attached hydrogens (tertiary/aromatic N) is 2. The molecule has 1 aromatic heterocycles. The van der Waals surface area contributed by atoms with E-state index in [2.05, 4.69) is 15.3 Å². The van der Waals surface area contributed by atoms with Crippen molar-refractivity contribution < 1.29 is 31.4 Å². The van der Waals surface area contributed by atoms with E-state index in [-0.39, 0.29) is 16.8 Å². The molecule has 0 bridgehead atoms. The number of alkyl halides is 3. The number of nitrogens with two attached hydrogens (primary N) is 1. The van der Waals surface area contributed by atoms with E-state index < -0.39 is 39.9 Å². The molecule has 3 atom stereocenters. The van der Waals surface area contributed by atoms with Gasteiger partial charge in [-0.2, -0.15) is 18.2 Å². The molecule has 1 unspecified atom stereocenters. The largest absolute Gasteiger partial charge is 0.471 e. The number of anilines is 2. The lowest BCUT2D eigenvalue weighted by atomic mass is 9.86. The summed E-state index contributed by atoms with van der Waals surface area (Å²) in [6.07, 6.45) is -3.95. The van der Waals surface area contributed by atoms with E-state index in [1.165, 1.54) is 24.3 Å². The van der Waals surface area contributed by atoms with Crippen molar-refractivity contribution in [2.24, 2.45) is 11.1 Å². The van der Waals surface area contributed by atoms with E-state index in [9.17, 15) is 26.7 Å². The molecule has 2 aromatic rings. The van der Waals surface area contributed by atoms with Crippen LogP contribution >= 0.6 is 0 Å². The number of ether oxygens (including phenoxy) is 1. The zero-order valence-electron chi connectivity index (χ0n) is 15.9. The van der Waals surface area contributed by atoms with Crippen molar-refractivity contribution in [3.8, 4) is 5.88 Å². The van der Waals surface area contributed by atoms with E-state index >= 15 is 0 Å². The van der Waals surface area contributed by atoms with Gasteiger partial charge in [0, 0.05) is 11.9 Å². The fraction of sp³-hybridized carbons (Fsp3) is 0.444. The Kier molecular flexibility index (Phi) is 6.20. The van der Waals surface area contributed by atoms with E-state index in [4.69, 9.17) is 9.88 Å². The Balaban J connectivity index is 1.89. The molecule has 0 spiro atoms. The van der Waals surface area contributed by atoms with Crippen LogP contribution in [0.4, 0.5) is 24.8 Å². The zero-order valence-corrected chi connectivity index (χ0v) is 16.7. The molecule has 0 amide bonds. The number of nitrogens with one attached hydrogen (secondary N) is 1. The summed E-state index contributed by atoms with van der Waals surface area (Å²) in [5.74, 6) is -1.01. The lowest BCUT2D eigenvalue weighted by Crippen LogP contribution is -2.41. The Labute approximate surface area is 171 Å². The molecular weight excluding hydrogens is 425 g/mol. The van der Waals surface area contributed by atoms with Crippen LogP contribution < -0.4 is 15.2 Å². The lowest BCUT2D eigenvalue weighted by Gasteiger charge is -2.33. The number of hydrogen-bond acceptors (Lipinski definition) is 7. The summed E-state index contributed by atoms with van der Waals surface area (Å²) in [4.78, 5) is 7.41. The minimum atomic E-state index is -4.74. The second-order valence-electron chi connectivity index (χ2n) is 7.16. The fourth-order valence-electron chi connectivity index (χ4n) is 3.25. The molecule has 0 radical (unpaired) electrons. The molecule has 30 heavy (non-hydrogen) atoms. The number of benzene rings is 1. The molecule has 1 saturated carbocycles. The molecule has 3 rings (SSSR count). The van der Waals surface area contributed by atoms with Crippen LogP contribution in [0.15, 0.2) is 35.4 Å². The van der Waals surface area contributed by atoms with Crippen molar-refractivity contribution in [3.05, 3.63) is 36.0 Å². The normalized spacial score (nSPS) is 22.5. The highest BCUT2D eigenvalue weighted by Crippen LogP contribution is 2.37. The van der Waals surface area contributed by atoms with Gasteiger partial charge in [-0.15, -0.1) is 0 Å². The highest BCUT2D eigenvalue weighted by molar-refractivity contribution is 7.89. The Morgan fingerprint density at radius 2 is 1.90 bits per heavy atom. The Hall–Kier alpha value is -2.44. The topological polar surface area (TPSA) is 127 Å². The van der Waals surface area contributed by atoms with Crippen molar-refractivity contribution >= 4 is 21.7 Å². The van der Waals surface area contributed by atoms with Gasteiger partial charge in [-0.1, -0.05) is 13.3 Å². The average Bonchev–Trinajstić information content (AvgIpc) is 2.64. The third-order valence-electron chi connectivity index (χ3n) is 4.85. The minimum absolute atomic E-state index is 0.120. The molecule has 0 aliphatic heterocycles. The molecule has 12 heteroatoms. The average molecular weight is 446 g/mol. The second kappa shape index (κ2) is 8.36. The summed E-state index contributed by atoms with van der Waals surface area (Å²) in [6, 6.07) is 5.21. The van der Waals surface area contributed by atoms with Crippen molar-refractivity contribution in [1.29, 1.82) is 0 Å². The van der Waals surface area contributed by atoms with Gasteiger partial charge in [0.25, 0.3) is 0 Å². The van der Waals surface area contributed by atoms with Crippen molar-refractivity contribution in [3.63, 3.8) is 0 Å². The standard InChI is InChI=1S/C18H21F3N4O4S/c1-10-3-2-4-14(26)15(10)29-16-13(18(19,20)21)9-23-17(25-16)24-11-5-7-12(8-6-11)30(22,27)28/h5-10,14-15,26H,2-4H2,1H3,(H2,22,27,28)(H,23,24,25)/t10?,14-,15+/m1/s1. The fourth-order valence-corrected chi connectivity index (χ4v) is 3.76. The number of halogens is 3. The molecule has 8 nitrogen and oxygen atoms in total. The first-order valence-electron chi connectivity index (χ1n) is 9.14. The summed E-state index contributed by atoms with van der Waals surface area (Å²) < 4.78 is 68.3. The van der Waals surface area contributed by atoms with Crippen LogP contribution in [0.3, 0.4) is 0 Å². The highest BCUT2D eigenvalue weighted by Gasteiger charge is 2.39. The third-order valence-corrected chi connectivity index (χ3v) is 5.77. The van der Waals surface area contributed by atoms with Gasteiger partial charge in [0.1, 0.15) is 11.7 Å². The minimum Gasteiger partial charge on any atom is -0.471 e. The molecule has 1 fully saturated rings. The van der Waals surface area contributed by atoms with Crippen LogP contribution in [0.5, 0.6) is 5.88 Å². The maximum Gasteiger partial charge on any atom is 0.423 e. The van der Waals surface area contributed by atoms with Crippen LogP contribution in [0, 0.1) is 5.92 Å². The van der Waals surface area contributed by atoms with Gasteiger partial charge in [-0.3, -0.25) is 0 Å². The maximum absolute atomic E-state index is 13.4. The predicted molar refractivity (Wildman–Crippen MR) is 102 cm³/mol. The van der Waals surface area contributed by atoms with Crippen molar-refractivity contribution in [2.45, 2.75) is 49.5 Å². The number of hydrogen-bond donors (Lipinski definition) is 3. The smallest absolute Gasteiger partial charge is 0.423 e. The molecule has 1 aliphatic rings. The van der Waals surface area contributed by atoms with Crippen molar-refractivity contribution in [1.82, 2.24) is 9.97 Å². The Morgan fingerprint density at radius 1 is 1.23 bits per heavy atom.